The van der Waals surface area contributed by atoms with Gasteiger partial charge in [0.2, 0.25) is 5.91 Å². The van der Waals surface area contributed by atoms with E-state index in [1.165, 1.54) is 0 Å². The van der Waals surface area contributed by atoms with Gasteiger partial charge in [0.15, 0.2) is 0 Å². The first-order valence-corrected chi connectivity index (χ1v) is 9.52. The lowest BCUT2D eigenvalue weighted by Gasteiger charge is -2.23. The summed E-state index contributed by atoms with van der Waals surface area (Å²) < 4.78 is 0. The summed E-state index contributed by atoms with van der Waals surface area (Å²) in [4.78, 5) is 30.3. The predicted octanol–water partition coefficient (Wildman–Crippen LogP) is 1.41. The van der Waals surface area contributed by atoms with Gasteiger partial charge < -0.3 is 14.9 Å². The number of aromatic carboxylic acids is 1. The molecule has 0 bridgehead atoms. The molecule has 0 aromatic heterocycles. The van der Waals surface area contributed by atoms with Crippen LogP contribution in [0.2, 0.25) is 0 Å². The van der Waals surface area contributed by atoms with Crippen LogP contribution in [-0.4, -0.2) is 84.5 Å². The van der Waals surface area contributed by atoms with Gasteiger partial charge in [-0.1, -0.05) is 12.1 Å². The van der Waals surface area contributed by atoms with Gasteiger partial charge in [-0.3, -0.25) is 9.69 Å². The van der Waals surface area contributed by atoms with Crippen LogP contribution in [-0.2, 0) is 11.2 Å². The van der Waals surface area contributed by atoms with Gasteiger partial charge in [0, 0.05) is 26.2 Å². The number of nitrogens with zero attached hydrogens (tertiary/aromatic N) is 3. The highest BCUT2D eigenvalue weighted by Crippen LogP contribution is 2.22. The van der Waals surface area contributed by atoms with Gasteiger partial charge in [0.05, 0.1) is 12.1 Å². The quantitative estimate of drug-likeness (QED) is 0.861. The summed E-state index contributed by atoms with van der Waals surface area (Å²) in [5.74, 6) is -0.243. The van der Waals surface area contributed by atoms with Crippen molar-refractivity contribution in [3.63, 3.8) is 0 Å². The molecular weight excluding hydrogens is 330 g/mol. The molecule has 1 N–H and O–H groups in total. The summed E-state index contributed by atoms with van der Waals surface area (Å²) >= 11 is 0. The summed E-state index contributed by atoms with van der Waals surface area (Å²) in [5.41, 5.74) is 1.37. The molecule has 1 aromatic carbocycles. The minimum Gasteiger partial charge on any atom is -0.478 e. The SMILES string of the molecule is CN1CCCN(CC(=O)N2CCC(Cc3cccc(C(=O)O)c3)C2)CC1. The maximum atomic E-state index is 12.6. The van der Waals surface area contributed by atoms with Crippen molar-refractivity contribution >= 4 is 11.9 Å². The minimum atomic E-state index is -0.891. The van der Waals surface area contributed by atoms with E-state index in [2.05, 4.69) is 16.8 Å². The van der Waals surface area contributed by atoms with Gasteiger partial charge >= 0.3 is 5.97 Å². The highest BCUT2D eigenvalue weighted by atomic mass is 16.4. The Morgan fingerprint density at radius 2 is 2.00 bits per heavy atom. The van der Waals surface area contributed by atoms with E-state index in [1.54, 1.807) is 18.2 Å². The fourth-order valence-corrected chi connectivity index (χ4v) is 3.94. The first-order chi connectivity index (χ1) is 12.5. The van der Waals surface area contributed by atoms with E-state index < -0.39 is 5.97 Å². The molecule has 6 nitrogen and oxygen atoms in total. The molecule has 2 aliphatic rings. The number of benzene rings is 1. The van der Waals surface area contributed by atoms with Gasteiger partial charge in [0.25, 0.3) is 0 Å². The molecule has 2 aliphatic heterocycles. The van der Waals surface area contributed by atoms with E-state index in [0.717, 1.165) is 64.1 Å². The number of carbonyl (C=O) groups is 2. The van der Waals surface area contributed by atoms with Crippen molar-refractivity contribution in [3.05, 3.63) is 35.4 Å². The topological polar surface area (TPSA) is 64.1 Å². The Morgan fingerprint density at radius 3 is 2.81 bits per heavy atom. The van der Waals surface area contributed by atoms with E-state index in [0.29, 0.717) is 18.0 Å². The number of hydrogen-bond acceptors (Lipinski definition) is 4. The van der Waals surface area contributed by atoms with Gasteiger partial charge in [-0.2, -0.15) is 0 Å². The fraction of sp³-hybridized carbons (Fsp3) is 0.600. The highest BCUT2D eigenvalue weighted by Gasteiger charge is 2.27. The molecule has 0 spiro atoms. The average molecular weight is 359 g/mol. The predicted molar refractivity (Wildman–Crippen MR) is 100 cm³/mol. The van der Waals surface area contributed by atoms with E-state index in [1.807, 2.05) is 11.0 Å². The van der Waals surface area contributed by atoms with E-state index in [4.69, 9.17) is 5.11 Å². The van der Waals surface area contributed by atoms with Crippen molar-refractivity contribution in [2.75, 3.05) is 52.9 Å². The van der Waals surface area contributed by atoms with E-state index in [9.17, 15) is 9.59 Å². The van der Waals surface area contributed by atoms with Crippen LogP contribution in [0.3, 0.4) is 0 Å². The lowest BCUT2D eigenvalue weighted by molar-refractivity contribution is -0.131. The Morgan fingerprint density at radius 1 is 1.15 bits per heavy atom. The van der Waals surface area contributed by atoms with Gasteiger partial charge in [-0.25, -0.2) is 4.79 Å². The maximum Gasteiger partial charge on any atom is 0.335 e. The van der Waals surface area contributed by atoms with Crippen LogP contribution in [0.5, 0.6) is 0 Å². The lowest BCUT2D eigenvalue weighted by atomic mass is 9.97. The number of carboxylic acid groups (broad SMARTS) is 1. The molecule has 0 saturated carbocycles. The number of likely N-dealkylation sites (tertiary alicyclic amines) is 1. The Hall–Kier alpha value is -1.92. The number of rotatable bonds is 5. The van der Waals surface area contributed by atoms with Crippen molar-refractivity contribution in [3.8, 4) is 0 Å². The summed E-state index contributed by atoms with van der Waals surface area (Å²) in [6.45, 7) is 6.20. The third kappa shape index (κ3) is 5.05. The maximum absolute atomic E-state index is 12.6. The van der Waals surface area contributed by atoms with E-state index in [-0.39, 0.29) is 5.91 Å². The molecule has 26 heavy (non-hydrogen) atoms. The van der Waals surface area contributed by atoms with Crippen LogP contribution < -0.4 is 0 Å². The second-order valence-electron chi connectivity index (χ2n) is 7.64. The first kappa shape index (κ1) is 18.9. The van der Waals surface area contributed by atoms with Crippen molar-refractivity contribution in [2.45, 2.75) is 19.3 Å². The van der Waals surface area contributed by atoms with Crippen molar-refractivity contribution < 1.29 is 14.7 Å². The molecule has 2 saturated heterocycles. The van der Waals surface area contributed by atoms with Crippen LogP contribution in [0.1, 0.15) is 28.8 Å². The standard InChI is InChI=1S/C20H29N3O3/c1-21-7-3-8-22(11-10-21)15-19(24)23-9-6-17(14-23)12-16-4-2-5-18(13-16)20(25)26/h2,4-5,13,17H,3,6-12,14-15H2,1H3,(H,25,26). The molecule has 1 aromatic rings. The first-order valence-electron chi connectivity index (χ1n) is 9.52. The average Bonchev–Trinajstić information content (AvgIpc) is 2.98. The molecule has 0 radical (unpaired) electrons. The molecule has 1 amide bonds. The minimum absolute atomic E-state index is 0.233. The van der Waals surface area contributed by atoms with Crippen molar-refractivity contribution in [2.24, 2.45) is 5.92 Å². The normalized spacial score (nSPS) is 22.3. The third-order valence-electron chi connectivity index (χ3n) is 5.51. The number of hydrogen-bond donors (Lipinski definition) is 1. The molecule has 6 heteroatoms. The Kier molecular flexibility index (Phi) is 6.27. The van der Waals surface area contributed by atoms with Crippen molar-refractivity contribution in [1.29, 1.82) is 0 Å². The highest BCUT2D eigenvalue weighted by molar-refractivity contribution is 5.87. The lowest BCUT2D eigenvalue weighted by Crippen LogP contribution is -2.40. The van der Waals surface area contributed by atoms with Crippen LogP contribution in [0.25, 0.3) is 0 Å². The third-order valence-corrected chi connectivity index (χ3v) is 5.51. The number of carbonyl (C=O) groups excluding carboxylic acids is 1. The second-order valence-corrected chi connectivity index (χ2v) is 7.64. The van der Waals surface area contributed by atoms with Crippen molar-refractivity contribution in [1.82, 2.24) is 14.7 Å². The largest absolute Gasteiger partial charge is 0.478 e. The number of carboxylic acids is 1. The summed E-state index contributed by atoms with van der Waals surface area (Å²) in [7, 11) is 2.13. The monoisotopic (exact) mass is 359 g/mol. The fourth-order valence-electron chi connectivity index (χ4n) is 3.94. The molecule has 1 atom stereocenters. The molecular formula is C20H29N3O3. The molecule has 142 valence electrons. The van der Waals surface area contributed by atoms with Crippen LogP contribution in [0.4, 0.5) is 0 Å². The summed E-state index contributed by atoms with van der Waals surface area (Å²) in [6.07, 6.45) is 2.94. The Balaban J connectivity index is 1.49. The van der Waals surface area contributed by atoms with Gasteiger partial charge in [-0.05, 0) is 63.0 Å². The molecule has 0 aliphatic carbocycles. The zero-order valence-corrected chi connectivity index (χ0v) is 15.6. The molecule has 2 fully saturated rings. The molecule has 1 unspecified atom stereocenters. The Labute approximate surface area is 155 Å². The smallest absolute Gasteiger partial charge is 0.335 e. The van der Waals surface area contributed by atoms with Crippen LogP contribution >= 0.6 is 0 Å². The molecule has 2 heterocycles. The van der Waals surface area contributed by atoms with Crippen LogP contribution in [0.15, 0.2) is 24.3 Å². The number of amides is 1. The van der Waals surface area contributed by atoms with Gasteiger partial charge in [0.1, 0.15) is 0 Å². The zero-order chi connectivity index (χ0) is 18.5. The Bertz CT molecular complexity index is 649. The molecule has 3 rings (SSSR count). The van der Waals surface area contributed by atoms with E-state index >= 15 is 0 Å². The van der Waals surface area contributed by atoms with Gasteiger partial charge in [-0.15, -0.1) is 0 Å². The number of likely N-dealkylation sites (N-methyl/N-ethyl adjacent to an activating group) is 1. The zero-order valence-electron chi connectivity index (χ0n) is 15.6. The summed E-state index contributed by atoms with van der Waals surface area (Å²) in [6, 6.07) is 7.15. The second kappa shape index (κ2) is 8.64. The summed E-state index contributed by atoms with van der Waals surface area (Å²) in [5, 5.41) is 9.12. The van der Waals surface area contributed by atoms with Crippen LogP contribution in [0, 0.1) is 5.92 Å².